The Morgan fingerprint density at radius 3 is 2.50 bits per heavy atom. The largest absolute Gasteiger partial charge is 0.465 e. The van der Waals surface area contributed by atoms with Crippen LogP contribution in [0.5, 0.6) is 0 Å². The minimum Gasteiger partial charge on any atom is -0.465 e. The van der Waals surface area contributed by atoms with Gasteiger partial charge in [-0.1, -0.05) is 23.8 Å². The number of carbonyl (C=O) groups is 1. The number of hydrogen-bond acceptors (Lipinski definition) is 3. The molecule has 0 bridgehead atoms. The van der Waals surface area contributed by atoms with E-state index in [1.807, 2.05) is 0 Å². The Labute approximate surface area is 93.0 Å². The summed E-state index contributed by atoms with van der Waals surface area (Å²) in [5.41, 5.74) is 10.2. The maximum atomic E-state index is 11.2. The fourth-order valence-corrected chi connectivity index (χ4v) is 1.17. The van der Waals surface area contributed by atoms with Gasteiger partial charge in [0.2, 0.25) is 0 Å². The molecular weight excluding hydrogens is 206 g/mol. The lowest BCUT2D eigenvalue weighted by atomic mass is 10.1. The molecule has 5 heteroatoms. The maximum absolute atomic E-state index is 11.2. The normalized spacial score (nSPS) is 9.06. The lowest BCUT2D eigenvalue weighted by molar-refractivity contribution is 0.0601. The van der Waals surface area contributed by atoms with Gasteiger partial charge in [0.25, 0.3) is 0 Å². The molecule has 0 spiro atoms. The predicted octanol–water partition coefficient (Wildman–Crippen LogP) is 2.80. The number of ether oxygens (including phenoxy) is 1. The molecule has 5 nitrogen and oxygen atoms in total. The van der Waals surface area contributed by atoms with Gasteiger partial charge in [-0.3, -0.25) is 0 Å². The lowest BCUT2D eigenvalue weighted by Gasteiger charge is -2.03. The number of azide groups is 1. The van der Waals surface area contributed by atoms with Crippen molar-refractivity contribution < 1.29 is 9.53 Å². The quantitative estimate of drug-likeness (QED) is 0.336. The molecule has 1 aromatic carbocycles. The minimum atomic E-state index is -0.382. The van der Waals surface area contributed by atoms with Crippen molar-refractivity contribution in [1.82, 2.24) is 0 Å². The van der Waals surface area contributed by atoms with E-state index < -0.39 is 0 Å². The van der Waals surface area contributed by atoms with E-state index in [-0.39, 0.29) is 12.5 Å². The first-order chi connectivity index (χ1) is 7.69. The third-order valence-electron chi connectivity index (χ3n) is 2.04. The molecule has 0 amide bonds. The van der Waals surface area contributed by atoms with Crippen molar-refractivity contribution in [3.05, 3.63) is 52.4 Å². The van der Waals surface area contributed by atoms with Gasteiger partial charge < -0.3 is 4.74 Å². The summed E-state index contributed by atoms with van der Waals surface area (Å²) in [6, 6.07) is 6.76. The number of benzene rings is 1. The summed E-state index contributed by atoms with van der Waals surface area (Å²) >= 11 is 0. The van der Waals surface area contributed by atoms with Crippen LogP contribution in [-0.4, -0.2) is 19.6 Å². The zero-order valence-electron chi connectivity index (χ0n) is 8.88. The third-order valence-corrected chi connectivity index (χ3v) is 2.04. The average molecular weight is 217 g/mol. The standard InChI is InChI=1S/C11H11N3O2/c1-8(7-13-14-12)9-3-5-10(6-4-9)11(15)16-2/h3-6H,1,7H2,2H3. The molecule has 0 aromatic heterocycles. The number of carbonyl (C=O) groups excluding carboxylic acids is 1. The fraction of sp³-hybridized carbons (Fsp3) is 0.182. The Morgan fingerprint density at radius 1 is 1.44 bits per heavy atom. The van der Waals surface area contributed by atoms with Crippen LogP contribution in [-0.2, 0) is 4.74 Å². The van der Waals surface area contributed by atoms with E-state index in [9.17, 15) is 4.79 Å². The van der Waals surface area contributed by atoms with Crippen LogP contribution in [0, 0.1) is 0 Å². The second-order valence-electron chi connectivity index (χ2n) is 3.06. The molecule has 1 aromatic rings. The van der Waals surface area contributed by atoms with Crippen LogP contribution in [0.15, 0.2) is 36.0 Å². The van der Waals surface area contributed by atoms with Crippen molar-refractivity contribution in [2.24, 2.45) is 5.11 Å². The summed E-state index contributed by atoms with van der Waals surface area (Å²) < 4.78 is 4.57. The van der Waals surface area contributed by atoms with E-state index in [0.717, 1.165) is 5.56 Å². The van der Waals surface area contributed by atoms with Crippen LogP contribution in [0.1, 0.15) is 15.9 Å². The van der Waals surface area contributed by atoms with Gasteiger partial charge in [-0.05, 0) is 28.8 Å². The molecule has 0 heterocycles. The first kappa shape index (κ1) is 11.8. The van der Waals surface area contributed by atoms with Crippen LogP contribution in [0.25, 0.3) is 16.0 Å². The van der Waals surface area contributed by atoms with Gasteiger partial charge in [0.15, 0.2) is 0 Å². The molecule has 82 valence electrons. The first-order valence-electron chi connectivity index (χ1n) is 4.56. The maximum Gasteiger partial charge on any atom is 0.337 e. The summed E-state index contributed by atoms with van der Waals surface area (Å²) in [5.74, 6) is -0.382. The second-order valence-corrected chi connectivity index (χ2v) is 3.06. The Bertz CT molecular complexity index is 445. The highest BCUT2D eigenvalue weighted by atomic mass is 16.5. The van der Waals surface area contributed by atoms with Crippen molar-refractivity contribution in [1.29, 1.82) is 0 Å². The smallest absolute Gasteiger partial charge is 0.337 e. The number of rotatable bonds is 4. The van der Waals surface area contributed by atoms with E-state index in [1.165, 1.54) is 7.11 Å². The summed E-state index contributed by atoms with van der Waals surface area (Å²) in [4.78, 5) is 13.8. The summed E-state index contributed by atoms with van der Waals surface area (Å²) in [7, 11) is 1.33. The molecule has 1 rings (SSSR count). The van der Waals surface area contributed by atoms with Crippen LogP contribution in [0.3, 0.4) is 0 Å². The SMILES string of the molecule is C=C(CN=[N+]=[N-])c1ccc(C(=O)OC)cc1. The van der Waals surface area contributed by atoms with Gasteiger partial charge in [-0.25, -0.2) is 4.79 Å². The predicted molar refractivity (Wildman–Crippen MR) is 60.8 cm³/mol. The Balaban J connectivity index is 2.82. The van der Waals surface area contributed by atoms with Crippen LogP contribution >= 0.6 is 0 Å². The highest BCUT2D eigenvalue weighted by Gasteiger charge is 2.05. The van der Waals surface area contributed by atoms with Gasteiger partial charge in [-0.2, -0.15) is 0 Å². The molecule has 0 unspecified atom stereocenters. The van der Waals surface area contributed by atoms with E-state index in [2.05, 4.69) is 21.3 Å². The molecule has 0 aliphatic rings. The van der Waals surface area contributed by atoms with Gasteiger partial charge in [0.1, 0.15) is 0 Å². The molecule has 0 N–H and O–H groups in total. The van der Waals surface area contributed by atoms with Crippen LogP contribution in [0.2, 0.25) is 0 Å². The van der Waals surface area contributed by atoms with Gasteiger partial charge in [0, 0.05) is 4.91 Å². The van der Waals surface area contributed by atoms with E-state index in [4.69, 9.17) is 5.53 Å². The molecular formula is C11H11N3O2. The Morgan fingerprint density at radius 2 is 2.00 bits per heavy atom. The summed E-state index contributed by atoms with van der Waals surface area (Å²) in [5, 5.41) is 3.41. The van der Waals surface area contributed by atoms with Crippen molar-refractivity contribution in [2.45, 2.75) is 0 Å². The Hall–Kier alpha value is -2.26. The van der Waals surface area contributed by atoms with Crippen molar-refractivity contribution in [3.8, 4) is 0 Å². The van der Waals surface area contributed by atoms with Crippen molar-refractivity contribution in [3.63, 3.8) is 0 Å². The summed E-state index contributed by atoms with van der Waals surface area (Å²) in [6.45, 7) is 3.99. The Kier molecular flexibility index (Phi) is 4.12. The van der Waals surface area contributed by atoms with Gasteiger partial charge in [0.05, 0.1) is 19.2 Å². The van der Waals surface area contributed by atoms with E-state index in [0.29, 0.717) is 11.1 Å². The van der Waals surface area contributed by atoms with E-state index in [1.54, 1.807) is 24.3 Å². The zero-order chi connectivity index (χ0) is 12.0. The monoisotopic (exact) mass is 217 g/mol. The average Bonchev–Trinajstić information content (AvgIpc) is 2.35. The molecule has 16 heavy (non-hydrogen) atoms. The molecule has 0 aliphatic carbocycles. The van der Waals surface area contributed by atoms with Crippen molar-refractivity contribution >= 4 is 11.5 Å². The third kappa shape index (κ3) is 2.87. The molecule has 0 fully saturated rings. The molecule has 0 saturated heterocycles. The molecule has 0 radical (unpaired) electrons. The van der Waals surface area contributed by atoms with E-state index >= 15 is 0 Å². The second kappa shape index (κ2) is 5.58. The minimum absolute atomic E-state index is 0.216. The first-order valence-corrected chi connectivity index (χ1v) is 4.56. The lowest BCUT2D eigenvalue weighted by Crippen LogP contribution is -2.00. The van der Waals surface area contributed by atoms with Crippen LogP contribution < -0.4 is 0 Å². The zero-order valence-corrected chi connectivity index (χ0v) is 8.88. The highest BCUT2D eigenvalue weighted by molar-refractivity contribution is 5.89. The molecule has 0 saturated carbocycles. The number of nitrogens with zero attached hydrogens (tertiary/aromatic N) is 3. The topological polar surface area (TPSA) is 75.1 Å². The summed E-state index contributed by atoms with van der Waals surface area (Å²) in [6.07, 6.45) is 0. The van der Waals surface area contributed by atoms with Crippen molar-refractivity contribution in [2.75, 3.05) is 13.7 Å². The number of esters is 1. The highest BCUT2D eigenvalue weighted by Crippen LogP contribution is 2.14. The molecule has 0 aliphatic heterocycles. The molecule has 0 atom stereocenters. The fourth-order valence-electron chi connectivity index (χ4n) is 1.17. The van der Waals surface area contributed by atoms with Gasteiger partial charge >= 0.3 is 5.97 Å². The number of hydrogen-bond donors (Lipinski definition) is 0. The van der Waals surface area contributed by atoms with Crippen LogP contribution in [0.4, 0.5) is 0 Å². The number of methoxy groups -OCH3 is 1. The van der Waals surface area contributed by atoms with Gasteiger partial charge in [-0.15, -0.1) is 0 Å².